The van der Waals surface area contributed by atoms with E-state index in [1.54, 1.807) is 12.4 Å². The van der Waals surface area contributed by atoms with Gasteiger partial charge in [-0.1, -0.05) is 13.5 Å². The van der Waals surface area contributed by atoms with Gasteiger partial charge in [-0.05, 0) is 38.3 Å². The fraction of sp³-hybridized carbons (Fsp3) is 0.500. The zero-order valence-corrected chi connectivity index (χ0v) is 11.5. The van der Waals surface area contributed by atoms with Gasteiger partial charge in [0.25, 0.3) is 0 Å². The molecule has 4 heteroatoms. The van der Waals surface area contributed by atoms with Crippen molar-refractivity contribution < 1.29 is 9.53 Å². The maximum atomic E-state index is 11.7. The van der Waals surface area contributed by atoms with Gasteiger partial charge in [0, 0.05) is 12.4 Å². The minimum Gasteiger partial charge on any atom is -0.459 e. The van der Waals surface area contributed by atoms with Gasteiger partial charge in [-0.2, -0.15) is 0 Å². The summed E-state index contributed by atoms with van der Waals surface area (Å²) < 4.78 is 5.36. The number of ether oxygens (including phenoxy) is 1. The van der Waals surface area contributed by atoms with Crippen molar-refractivity contribution in [2.45, 2.75) is 46.1 Å². The lowest BCUT2D eigenvalue weighted by molar-refractivity contribution is -0.155. The van der Waals surface area contributed by atoms with E-state index in [4.69, 9.17) is 4.74 Å². The molecule has 0 fully saturated rings. The Labute approximate surface area is 108 Å². The molecule has 1 aromatic rings. The fourth-order valence-corrected chi connectivity index (χ4v) is 1.25. The molecule has 0 radical (unpaired) electrons. The smallest absolute Gasteiger partial charge is 0.310 e. The molecule has 0 atom stereocenters. The van der Waals surface area contributed by atoms with Crippen molar-refractivity contribution in [3.63, 3.8) is 0 Å². The van der Waals surface area contributed by atoms with E-state index < -0.39 is 5.60 Å². The molecule has 1 aromatic heterocycles. The topological polar surface area (TPSA) is 52.1 Å². The molecule has 1 rings (SSSR count). The predicted molar refractivity (Wildman–Crippen MR) is 70.9 cm³/mol. The van der Waals surface area contributed by atoms with Gasteiger partial charge in [-0.25, -0.2) is 9.97 Å². The second-order valence-corrected chi connectivity index (χ2v) is 4.96. The molecule has 0 aliphatic rings. The number of hydrogen-bond donors (Lipinski definition) is 0. The highest BCUT2D eigenvalue weighted by atomic mass is 16.6. The SMILES string of the molecule is C=C(C)c1ncc(CC(=O)OC(C)(C)CC)cn1. The lowest BCUT2D eigenvalue weighted by Crippen LogP contribution is -2.27. The number of allylic oxidation sites excluding steroid dienone is 1. The van der Waals surface area contributed by atoms with Crippen LogP contribution in [-0.2, 0) is 16.0 Å². The molecule has 18 heavy (non-hydrogen) atoms. The second kappa shape index (κ2) is 5.76. The molecule has 0 saturated heterocycles. The summed E-state index contributed by atoms with van der Waals surface area (Å²) >= 11 is 0. The average molecular weight is 248 g/mol. The predicted octanol–water partition coefficient (Wildman–Crippen LogP) is 2.78. The Balaban J connectivity index is 2.63. The molecule has 0 spiro atoms. The standard InChI is InChI=1S/C14H20N2O2/c1-6-14(4,5)18-12(17)7-11-8-15-13(10(2)3)16-9-11/h8-9H,2,6-7H2,1,3-5H3. The molecule has 98 valence electrons. The number of nitrogens with zero attached hydrogens (tertiary/aromatic N) is 2. The van der Waals surface area contributed by atoms with Crippen LogP contribution in [0.25, 0.3) is 5.57 Å². The van der Waals surface area contributed by atoms with Gasteiger partial charge in [0.05, 0.1) is 6.42 Å². The number of carbonyl (C=O) groups is 1. The Kier molecular flexibility index (Phi) is 4.59. The summed E-state index contributed by atoms with van der Waals surface area (Å²) in [6, 6.07) is 0. The van der Waals surface area contributed by atoms with Crippen molar-refractivity contribution in [1.29, 1.82) is 0 Å². The van der Waals surface area contributed by atoms with Crippen LogP contribution in [-0.4, -0.2) is 21.5 Å². The van der Waals surface area contributed by atoms with E-state index in [0.29, 0.717) is 5.82 Å². The van der Waals surface area contributed by atoms with Crippen LogP contribution in [0.2, 0.25) is 0 Å². The van der Waals surface area contributed by atoms with Gasteiger partial charge in [-0.3, -0.25) is 4.79 Å². The Morgan fingerprint density at radius 2 is 1.94 bits per heavy atom. The summed E-state index contributed by atoms with van der Waals surface area (Å²) in [6.45, 7) is 11.4. The van der Waals surface area contributed by atoms with Crippen LogP contribution in [0.5, 0.6) is 0 Å². The Bertz CT molecular complexity index is 436. The number of hydrogen-bond acceptors (Lipinski definition) is 4. The quantitative estimate of drug-likeness (QED) is 0.752. The fourth-order valence-electron chi connectivity index (χ4n) is 1.25. The normalized spacial score (nSPS) is 11.1. The van der Waals surface area contributed by atoms with E-state index in [2.05, 4.69) is 16.5 Å². The third kappa shape index (κ3) is 4.28. The summed E-state index contributed by atoms with van der Waals surface area (Å²) in [6.07, 6.45) is 4.25. The lowest BCUT2D eigenvalue weighted by Gasteiger charge is -2.23. The first kappa shape index (κ1) is 14.4. The van der Waals surface area contributed by atoms with E-state index in [9.17, 15) is 4.79 Å². The van der Waals surface area contributed by atoms with E-state index >= 15 is 0 Å². The van der Waals surface area contributed by atoms with Gasteiger partial charge < -0.3 is 4.74 Å². The number of carbonyl (C=O) groups excluding carboxylic acids is 1. The van der Waals surface area contributed by atoms with Crippen LogP contribution in [0.15, 0.2) is 19.0 Å². The highest BCUT2D eigenvalue weighted by Gasteiger charge is 2.20. The minimum absolute atomic E-state index is 0.194. The highest BCUT2D eigenvalue weighted by Crippen LogP contribution is 2.15. The van der Waals surface area contributed by atoms with Crippen LogP contribution < -0.4 is 0 Å². The van der Waals surface area contributed by atoms with Gasteiger partial charge in [0.1, 0.15) is 5.60 Å². The second-order valence-electron chi connectivity index (χ2n) is 4.96. The van der Waals surface area contributed by atoms with Gasteiger partial charge in [0.2, 0.25) is 0 Å². The first-order valence-corrected chi connectivity index (χ1v) is 6.02. The monoisotopic (exact) mass is 248 g/mol. The van der Waals surface area contributed by atoms with Crippen molar-refractivity contribution in [2.24, 2.45) is 0 Å². The molecule has 0 bridgehead atoms. The molecular formula is C14H20N2O2. The molecule has 0 saturated carbocycles. The first-order chi connectivity index (χ1) is 8.34. The Morgan fingerprint density at radius 1 is 1.39 bits per heavy atom. The Hall–Kier alpha value is -1.71. The lowest BCUT2D eigenvalue weighted by atomic mass is 10.1. The molecule has 4 nitrogen and oxygen atoms in total. The van der Waals surface area contributed by atoms with Crippen molar-refractivity contribution in [3.05, 3.63) is 30.4 Å². The van der Waals surface area contributed by atoms with E-state index in [1.807, 2.05) is 27.7 Å². The molecule has 1 heterocycles. The molecular weight excluding hydrogens is 228 g/mol. The van der Waals surface area contributed by atoms with Crippen molar-refractivity contribution in [1.82, 2.24) is 9.97 Å². The summed E-state index contributed by atoms with van der Waals surface area (Å²) in [5.74, 6) is 0.342. The van der Waals surface area contributed by atoms with Crippen LogP contribution in [0.1, 0.15) is 45.5 Å². The molecule has 0 N–H and O–H groups in total. The van der Waals surface area contributed by atoms with Crippen LogP contribution in [0.4, 0.5) is 0 Å². The highest BCUT2D eigenvalue weighted by molar-refractivity contribution is 5.72. The van der Waals surface area contributed by atoms with Crippen molar-refractivity contribution in [3.8, 4) is 0 Å². The molecule has 0 amide bonds. The minimum atomic E-state index is -0.421. The molecule has 0 aliphatic carbocycles. The number of esters is 1. The first-order valence-electron chi connectivity index (χ1n) is 6.02. The van der Waals surface area contributed by atoms with Gasteiger partial charge >= 0.3 is 5.97 Å². The third-order valence-electron chi connectivity index (χ3n) is 2.68. The summed E-state index contributed by atoms with van der Waals surface area (Å²) in [5, 5.41) is 0. The molecule has 0 aromatic carbocycles. The third-order valence-corrected chi connectivity index (χ3v) is 2.68. The molecule has 0 aliphatic heterocycles. The zero-order chi connectivity index (χ0) is 13.8. The molecule has 0 unspecified atom stereocenters. The summed E-state index contributed by atoms with van der Waals surface area (Å²) in [4.78, 5) is 20.0. The van der Waals surface area contributed by atoms with Crippen LogP contribution >= 0.6 is 0 Å². The zero-order valence-electron chi connectivity index (χ0n) is 11.5. The average Bonchev–Trinajstić information content (AvgIpc) is 2.29. The van der Waals surface area contributed by atoms with Crippen LogP contribution in [0.3, 0.4) is 0 Å². The van der Waals surface area contributed by atoms with Gasteiger partial charge in [-0.15, -0.1) is 0 Å². The largest absolute Gasteiger partial charge is 0.459 e. The maximum absolute atomic E-state index is 11.7. The number of aromatic nitrogens is 2. The number of rotatable bonds is 5. The van der Waals surface area contributed by atoms with Crippen molar-refractivity contribution >= 4 is 11.5 Å². The van der Waals surface area contributed by atoms with Crippen LogP contribution in [0, 0.1) is 0 Å². The Morgan fingerprint density at radius 3 is 2.39 bits per heavy atom. The van der Waals surface area contributed by atoms with E-state index in [-0.39, 0.29) is 12.4 Å². The van der Waals surface area contributed by atoms with Crippen molar-refractivity contribution in [2.75, 3.05) is 0 Å². The summed E-state index contributed by atoms with van der Waals surface area (Å²) in [5.41, 5.74) is 1.13. The summed E-state index contributed by atoms with van der Waals surface area (Å²) in [7, 11) is 0. The van der Waals surface area contributed by atoms with E-state index in [1.165, 1.54) is 0 Å². The van der Waals surface area contributed by atoms with Gasteiger partial charge in [0.15, 0.2) is 5.82 Å². The maximum Gasteiger partial charge on any atom is 0.310 e. The van der Waals surface area contributed by atoms with E-state index in [0.717, 1.165) is 17.6 Å².